The van der Waals surface area contributed by atoms with E-state index in [1.54, 1.807) is 6.07 Å². The van der Waals surface area contributed by atoms with Crippen LogP contribution in [0.15, 0.2) is 48.0 Å². The minimum atomic E-state index is -1.02. The van der Waals surface area contributed by atoms with Crippen molar-refractivity contribution in [2.75, 3.05) is 0 Å². The van der Waals surface area contributed by atoms with Gasteiger partial charge < -0.3 is 29.5 Å². The summed E-state index contributed by atoms with van der Waals surface area (Å²) >= 11 is 0. The molecule has 0 saturated carbocycles. The summed E-state index contributed by atoms with van der Waals surface area (Å²) in [6, 6.07) is 3.05. The molecule has 8 nitrogen and oxygen atoms in total. The standard InChI is InChI=1S/C32H46O8/c1-5-7-9-11-13-15-30(36)38-24-19-28(39-31(37)16-14-12-10-8-6-2)25-21-27(35)32(40-29(25)20-24)22(3)17-18-26(34)23(4)33/h17-20,27,32-35H,3,5-16,21H2,1-2,4H3/b18-17-,26-23-/t27-,32-/m0/s1. The number of benzene rings is 1. The summed E-state index contributed by atoms with van der Waals surface area (Å²) in [4.78, 5) is 25.2. The van der Waals surface area contributed by atoms with Crippen LogP contribution in [0.3, 0.4) is 0 Å². The smallest absolute Gasteiger partial charge is 0.311 e. The van der Waals surface area contributed by atoms with E-state index < -0.39 is 18.2 Å². The Balaban J connectivity index is 2.22. The van der Waals surface area contributed by atoms with Gasteiger partial charge in [0.2, 0.25) is 0 Å². The van der Waals surface area contributed by atoms with Crippen molar-refractivity contribution >= 4 is 11.9 Å². The molecular formula is C32H46O8. The Kier molecular flexibility index (Phi) is 14.4. The Morgan fingerprint density at radius 3 is 2.08 bits per heavy atom. The van der Waals surface area contributed by atoms with Gasteiger partial charge in [0.15, 0.2) is 5.76 Å². The first-order valence-electron chi connectivity index (χ1n) is 14.5. The molecule has 222 valence electrons. The maximum Gasteiger partial charge on any atom is 0.311 e. The van der Waals surface area contributed by atoms with Gasteiger partial charge in [-0.3, -0.25) is 9.59 Å². The van der Waals surface area contributed by atoms with Crippen LogP contribution in [-0.2, 0) is 16.0 Å². The average Bonchev–Trinajstić information content (AvgIpc) is 2.91. The third-order valence-corrected chi connectivity index (χ3v) is 6.77. The summed E-state index contributed by atoms with van der Waals surface area (Å²) in [7, 11) is 0. The fraction of sp³-hybridized carbons (Fsp3) is 0.562. The van der Waals surface area contributed by atoms with Gasteiger partial charge >= 0.3 is 11.9 Å². The van der Waals surface area contributed by atoms with Gasteiger partial charge in [0.25, 0.3) is 0 Å². The molecule has 0 amide bonds. The highest BCUT2D eigenvalue weighted by atomic mass is 16.6. The third-order valence-electron chi connectivity index (χ3n) is 6.77. The van der Waals surface area contributed by atoms with E-state index in [2.05, 4.69) is 20.4 Å². The van der Waals surface area contributed by atoms with E-state index in [-0.39, 0.29) is 48.2 Å². The summed E-state index contributed by atoms with van der Waals surface area (Å²) in [6.45, 7) is 9.53. The zero-order valence-corrected chi connectivity index (χ0v) is 24.2. The van der Waals surface area contributed by atoms with Gasteiger partial charge in [-0.2, -0.15) is 0 Å². The van der Waals surface area contributed by atoms with Crippen molar-refractivity contribution in [3.05, 3.63) is 53.5 Å². The van der Waals surface area contributed by atoms with Crippen LogP contribution in [0.2, 0.25) is 0 Å². The van der Waals surface area contributed by atoms with E-state index >= 15 is 0 Å². The van der Waals surface area contributed by atoms with E-state index in [0.717, 1.165) is 64.2 Å². The second-order valence-corrected chi connectivity index (χ2v) is 10.4. The second-order valence-electron chi connectivity index (χ2n) is 10.4. The lowest BCUT2D eigenvalue weighted by Crippen LogP contribution is -2.38. The Hall–Kier alpha value is -3.26. The monoisotopic (exact) mass is 558 g/mol. The van der Waals surface area contributed by atoms with Crippen molar-refractivity contribution in [2.24, 2.45) is 0 Å². The minimum absolute atomic E-state index is 0.110. The highest BCUT2D eigenvalue weighted by Gasteiger charge is 2.33. The molecule has 0 bridgehead atoms. The molecule has 8 heteroatoms. The number of aliphatic hydroxyl groups excluding tert-OH is 3. The molecule has 1 aliphatic rings. The largest absolute Gasteiger partial charge is 0.509 e. The van der Waals surface area contributed by atoms with Crippen LogP contribution in [0, 0.1) is 0 Å². The molecule has 1 aromatic carbocycles. The number of hydrogen-bond donors (Lipinski definition) is 3. The van der Waals surface area contributed by atoms with E-state index in [0.29, 0.717) is 16.9 Å². The predicted molar refractivity (Wildman–Crippen MR) is 155 cm³/mol. The van der Waals surface area contributed by atoms with Crippen LogP contribution < -0.4 is 14.2 Å². The first-order chi connectivity index (χ1) is 19.2. The lowest BCUT2D eigenvalue weighted by atomic mass is 9.94. The predicted octanol–water partition coefficient (Wildman–Crippen LogP) is 7.34. The topological polar surface area (TPSA) is 123 Å². The highest BCUT2D eigenvalue weighted by Crippen LogP contribution is 2.40. The molecule has 2 rings (SSSR count). The van der Waals surface area contributed by atoms with Crippen molar-refractivity contribution in [3.8, 4) is 17.2 Å². The van der Waals surface area contributed by atoms with Gasteiger partial charge in [-0.15, -0.1) is 0 Å². The van der Waals surface area contributed by atoms with Crippen molar-refractivity contribution in [1.29, 1.82) is 0 Å². The number of allylic oxidation sites excluding steroid dienone is 2. The summed E-state index contributed by atoms with van der Waals surface area (Å²) in [6.07, 6.45) is 11.4. The molecule has 0 spiro atoms. The van der Waals surface area contributed by atoms with Gasteiger partial charge in [-0.05, 0) is 31.4 Å². The fourth-order valence-electron chi connectivity index (χ4n) is 4.41. The maximum absolute atomic E-state index is 12.6. The normalized spacial score (nSPS) is 17.1. The van der Waals surface area contributed by atoms with Crippen molar-refractivity contribution < 1.29 is 39.1 Å². The van der Waals surface area contributed by atoms with E-state index in [4.69, 9.17) is 14.2 Å². The van der Waals surface area contributed by atoms with Gasteiger partial charge in [-0.25, -0.2) is 0 Å². The number of esters is 2. The molecule has 0 unspecified atom stereocenters. The maximum atomic E-state index is 12.6. The van der Waals surface area contributed by atoms with Gasteiger partial charge in [-0.1, -0.05) is 77.9 Å². The molecular weight excluding hydrogens is 512 g/mol. The lowest BCUT2D eigenvalue weighted by Gasteiger charge is -2.32. The molecule has 2 atom stereocenters. The van der Waals surface area contributed by atoms with E-state index in [1.165, 1.54) is 25.1 Å². The Morgan fingerprint density at radius 1 is 0.925 bits per heavy atom. The summed E-state index contributed by atoms with van der Waals surface area (Å²) in [5.74, 6) is -0.683. The Labute approximate surface area is 238 Å². The number of rotatable bonds is 17. The van der Waals surface area contributed by atoms with Gasteiger partial charge in [0.1, 0.15) is 29.1 Å². The molecule has 0 radical (unpaired) electrons. The number of carbonyl (C=O) groups is 2. The average molecular weight is 559 g/mol. The number of unbranched alkanes of at least 4 members (excludes halogenated alkanes) is 8. The van der Waals surface area contributed by atoms with E-state index in [9.17, 15) is 24.9 Å². The molecule has 3 N–H and O–H groups in total. The van der Waals surface area contributed by atoms with Crippen molar-refractivity contribution in [1.82, 2.24) is 0 Å². The summed E-state index contributed by atoms with van der Waals surface area (Å²) in [5.41, 5.74) is 0.847. The first-order valence-corrected chi connectivity index (χ1v) is 14.5. The van der Waals surface area contributed by atoms with Crippen LogP contribution in [-0.4, -0.2) is 39.5 Å². The van der Waals surface area contributed by atoms with Crippen LogP contribution in [0.4, 0.5) is 0 Å². The lowest BCUT2D eigenvalue weighted by molar-refractivity contribution is -0.135. The molecule has 0 aliphatic carbocycles. The Morgan fingerprint density at radius 2 is 1.50 bits per heavy atom. The fourth-order valence-corrected chi connectivity index (χ4v) is 4.41. The van der Waals surface area contributed by atoms with Crippen molar-refractivity contribution in [3.63, 3.8) is 0 Å². The summed E-state index contributed by atoms with van der Waals surface area (Å²) in [5, 5.41) is 30.0. The molecule has 1 heterocycles. The first kappa shape index (κ1) is 32.9. The van der Waals surface area contributed by atoms with Crippen LogP contribution in [0.5, 0.6) is 17.2 Å². The number of fused-ring (bicyclic) bond motifs is 1. The molecule has 40 heavy (non-hydrogen) atoms. The van der Waals surface area contributed by atoms with Gasteiger partial charge in [0.05, 0.1) is 6.10 Å². The SMILES string of the molecule is C=C(/C=C\C(O)=C(/C)O)[C@@H]1Oc2cc(OC(=O)CCCCCCC)cc(OC(=O)CCCCCCC)c2C[C@@H]1O. The number of aliphatic hydroxyl groups is 3. The van der Waals surface area contributed by atoms with Crippen LogP contribution in [0.1, 0.15) is 103 Å². The second kappa shape index (κ2) is 17.4. The minimum Gasteiger partial charge on any atom is -0.509 e. The van der Waals surface area contributed by atoms with Crippen molar-refractivity contribution in [2.45, 2.75) is 116 Å². The van der Waals surface area contributed by atoms with Gasteiger partial charge in [0, 0.05) is 37.0 Å². The van der Waals surface area contributed by atoms with Crippen LogP contribution >= 0.6 is 0 Å². The Bertz CT molecular complexity index is 1050. The number of ether oxygens (including phenoxy) is 3. The molecule has 0 aromatic heterocycles. The quantitative estimate of drug-likeness (QED) is 0.0597. The zero-order chi connectivity index (χ0) is 29.5. The molecule has 0 saturated heterocycles. The third kappa shape index (κ3) is 11.1. The molecule has 0 fully saturated rings. The molecule has 1 aliphatic heterocycles. The summed E-state index contributed by atoms with van der Waals surface area (Å²) < 4.78 is 17.3. The van der Waals surface area contributed by atoms with Crippen LogP contribution in [0.25, 0.3) is 0 Å². The highest BCUT2D eigenvalue weighted by molar-refractivity contribution is 5.75. The number of carbonyl (C=O) groups excluding carboxylic acids is 2. The molecule has 1 aromatic rings. The number of hydrogen-bond acceptors (Lipinski definition) is 8. The van der Waals surface area contributed by atoms with E-state index in [1.807, 2.05) is 0 Å². The zero-order valence-electron chi connectivity index (χ0n) is 24.2.